The Morgan fingerprint density at radius 3 is 2.74 bits per heavy atom. The second kappa shape index (κ2) is 6.75. The molecule has 0 N–H and O–H groups in total. The van der Waals surface area contributed by atoms with E-state index in [0.29, 0.717) is 22.7 Å². The van der Waals surface area contributed by atoms with Crippen LogP contribution < -0.4 is 0 Å². The van der Waals surface area contributed by atoms with E-state index in [1.54, 1.807) is 30.3 Å². The lowest BCUT2D eigenvalue weighted by atomic mass is 10.2. The number of ether oxygens (including phenoxy) is 1. The average Bonchev–Trinajstić information content (AvgIpc) is 3.02. The minimum atomic E-state index is -0.447. The quantitative estimate of drug-likeness (QED) is 0.625. The van der Waals surface area contributed by atoms with Crippen LogP contribution in [0.4, 0.5) is 4.39 Å². The van der Waals surface area contributed by atoms with Crippen molar-refractivity contribution in [1.29, 1.82) is 0 Å². The zero-order chi connectivity index (χ0) is 16.2. The largest absolute Gasteiger partial charge is 0.455 e. The molecule has 0 aliphatic rings. The molecular formula is C17H11BrFNO3. The molecule has 0 atom stereocenters. The van der Waals surface area contributed by atoms with Crippen LogP contribution in [0.1, 0.15) is 16.1 Å². The highest BCUT2D eigenvalue weighted by molar-refractivity contribution is 9.10. The molecule has 0 aliphatic carbocycles. The highest BCUT2D eigenvalue weighted by atomic mass is 79.9. The molecule has 0 bridgehead atoms. The van der Waals surface area contributed by atoms with Gasteiger partial charge in [0.2, 0.25) is 5.89 Å². The number of carbonyl (C=O) groups is 1. The van der Waals surface area contributed by atoms with Gasteiger partial charge in [0.15, 0.2) is 0 Å². The number of esters is 1. The van der Waals surface area contributed by atoms with Crippen LogP contribution in [0, 0.1) is 5.82 Å². The molecular weight excluding hydrogens is 365 g/mol. The molecule has 1 heterocycles. The predicted molar refractivity (Wildman–Crippen MR) is 85.2 cm³/mol. The molecule has 23 heavy (non-hydrogen) atoms. The van der Waals surface area contributed by atoms with Crippen molar-refractivity contribution >= 4 is 21.9 Å². The molecule has 4 nitrogen and oxygen atoms in total. The molecule has 0 unspecified atom stereocenters. The van der Waals surface area contributed by atoms with Gasteiger partial charge in [-0.15, -0.1) is 0 Å². The van der Waals surface area contributed by atoms with E-state index in [4.69, 9.17) is 9.15 Å². The molecule has 6 heteroatoms. The van der Waals surface area contributed by atoms with E-state index in [9.17, 15) is 9.18 Å². The summed E-state index contributed by atoms with van der Waals surface area (Å²) in [5.74, 6) is -0.431. The van der Waals surface area contributed by atoms with Crippen molar-refractivity contribution in [2.24, 2.45) is 0 Å². The summed E-state index contributed by atoms with van der Waals surface area (Å²) < 4.78 is 24.2. The van der Waals surface area contributed by atoms with Crippen molar-refractivity contribution < 1.29 is 18.3 Å². The van der Waals surface area contributed by atoms with Crippen molar-refractivity contribution in [3.8, 4) is 11.5 Å². The van der Waals surface area contributed by atoms with Gasteiger partial charge in [0.25, 0.3) is 0 Å². The maximum atomic E-state index is 12.9. The molecule has 3 aromatic rings. The molecule has 0 aliphatic heterocycles. The van der Waals surface area contributed by atoms with Crippen LogP contribution in [0.25, 0.3) is 11.5 Å². The summed E-state index contributed by atoms with van der Waals surface area (Å²) in [4.78, 5) is 16.2. The van der Waals surface area contributed by atoms with Crippen molar-refractivity contribution in [3.63, 3.8) is 0 Å². The second-order valence-electron chi connectivity index (χ2n) is 4.74. The molecule has 3 rings (SSSR count). The third-order valence-electron chi connectivity index (χ3n) is 3.05. The number of oxazole rings is 1. The van der Waals surface area contributed by atoms with Crippen LogP contribution in [-0.2, 0) is 11.3 Å². The second-order valence-corrected chi connectivity index (χ2v) is 5.65. The topological polar surface area (TPSA) is 52.3 Å². The molecule has 0 radical (unpaired) electrons. The maximum Gasteiger partial charge on any atom is 0.338 e. The smallest absolute Gasteiger partial charge is 0.338 e. The lowest BCUT2D eigenvalue weighted by Crippen LogP contribution is -2.05. The fraction of sp³-hybridized carbons (Fsp3) is 0.0588. The fourth-order valence-electron chi connectivity index (χ4n) is 1.94. The molecule has 0 saturated heterocycles. The Balaban J connectivity index is 1.65. The van der Waals surface area contributed by atoms with Gasteiger partial charge < -0.3 is 9.15 Å². The summed E-state index contributed by atoms with van der Waals surface area (Å²) in [5, 5.41) is 0. The Kier molecular flexibility index (Phi) is 4.52. The minimum absolute atomic E-state index is 0.00393. The molecule has 2 aromatic carbocycles. The summed E-state index contributed by atoms with van der Waals surface area (Å²) in [5.41, 5.74) is 1.57. The van der Waals surface area contributed by atoms with Crippen LogP contribution >= 0.6 is 15.9 Å². The van der Waals surface area contributed by atoms with Gasteiger partial charge in [-0.05, 0) is 42.5 Å². The fourth-order valence-corrected chi connectivity index (χ4v) is 2.34. The molecule has 0 saturated carbocycles. The summed E-state index contributed by atoms with van der Waals surface area (Å²) in [6, 6.07) is 12.7. The lowest BCUT2D eigenvalue weighted by Gasteiger charge is -2.02. The van der Waals surface area contributed by atoms with E-state index in [2.05, 4.69) is 20.9 Å². The van der Waals surface area contributed by atoms with Gasteiger partial charge in [-0.25, -0.2) is 14.2 Å². The number of hydrogen-bond donors (Lipinski definition) is 0. The van der Waals surface area contributed by atoms with E-state index in [1.165, 1.54) is 18.4 Å². The number of halogens is 2. The van der Waals surface area contributed by atoms with Crippen molar-refractivity contribution in [2.75, 3.05) is 0 Å². The Bertz CT molecular complexity index is 830. The normalized spacial score (nSPS) is 10.5. The number of benzene rings is 2. The first kappa shape index (κ1) is 15.4. The maximum absolute atomic E-state index is 12.9. The molecule has 1 aromatic heterocycles. The first-order valence-corrected chi connectivity index (χ1v) is 7.54. The zero-order valence-electron chi connectivity index (χ0n) is 11.8. The average molecular weight is 376 g/mol. The van der Waals surface area contributed by atoms with E-state index in [1.807, 2.05) is 6.07 Å². The van der Waals surface area contributed by atoms with E-state index in [-0.39, 0.29) is 12.4 Å². The van der Waals surface area contributed by atoms with E-state index < -0.39 is 5.97 Å². The molecule has 116 valence electrons. The Labute approximate surface area is 140 Å². The van der Waals surface area contributed by atoms with Gasteiger partial charge in [0.05, 0.1) is 5.56 Å². The van der Waals surface area contributed by atoms with Crippen LogP contribution in [0.15, 0.2) is 63.7 Å². The summed E-state index contributed by atoms with van der Waals surface area (Å²) in [6.07, 6.45) is 1.41. The van der Waals surface area contributed by atoms with Gasteiger partial charge in [-0.3, -0.25) is 0 Å². The first-order chi connectivity index (χ1) is 11.1. The Morgan fingerprint density at radius 1 is 1.22 bits per heavy atom. The molecule has 0 amide bonds. The Hall–Kier alpha value is -2.47. The summed E-state index contributed by atoms with van der Waals surface area (Å²) in [6.45, 7) is -0.00393. The standard InChI is InChI=1S/C17H11BrFNO3/c18-13-3-1-2-12(8-13)17(21)23-10-15-9-22-16(20-15)11-4-6-14(19)7-5-11/h1-9H,10H2. The van der Waals surface area contributed by atoms with Gasteiger partial charge in [0, 0.05) is 10.0 Å². The lowest BCUT2D eigenvalue weighted by molar-refractivity contribution is 0.0467. The van der Waals surface area contributed by atoms with Gasteiger partial charge in [-0.1, -0.05) is 22.0 Å². The monoisotopic (exact) mass is 375 g/mol. The van der Waals surface area contributed by atoms with Crippen molar-refractivity contribution in [2.45, 2.75) is 6.61 Å². The van der Waals surface area contributed by atoms with Crippen LogP contribution in [0.2, 0.25) is 0 Å². The van der Waals surface area contributed by atoms with Crippen molar-refractivity contribution in [1.82, 2.24) is 4.98 Å². The first-order valence-electron chi connectivity index (χ1n) is 6.75. The Morgan fingerprint density at radius 2 is 2.00 bits per heavy atom. The summed E-state index contributed by atoms with van der Waals surface area (Å²) in [7, 11) is 0. The van der Waals surface area contributed by atoms with Crippen LogP contribution in [-0.4, -0.2) is 11.0 Å². The predicted octanol–water partition coefficient (Wildman–Crippen LogP) is 4.60. The van der Waals surface area contributed by atoms with Gasteiger partial charge in [-0.2, -0.15) is 0 Å². The van der Waals surface area contributed by atoms with E-state index >= 15 is 0 Å². The van der Waals surface area contributed by atoms with E-state index in [0.717, 1.165) is 4.47 Å². The van der Waals surface area contributed by atoms with Gasteiger partial charge >= 0.3 is 5.97 Å². The van der Waals surface area contributed by atoms with Crippen LogP contribution in [0.3, 0.4) is 0 Å². The highest BCUT2D eigenvalue weighted by Gasteiger charge is 2.11. The minimum Gasteiger partial charge on any atom is -0.455 e. The number of aromatic nitrogens is 1. The number of rotatable bonds is 4. The SMILES string of the molecule is O=C(OCc1coc(-c2ccc(F)cc2)n1)c1cccc(Br)c1. The number of hydrogen-bond acceptors (Lipinski definition) is 4. The summed E-state index contributed by atoms with van der Waals surface area (Å²) >= 11 is 3.30. The van der Waals surface area contributed by atoms with Crippen molar-refractivity contribution in [3.05, 3.63) is 76.3 Å². The zero-order valence-corrected chi connectivity index (χ0v) is 13.4. The number of nitrogens with zero attached hydrogens (tertiary/aromatic N) is 1. The van der Waals surface area contributed by atoms with Crippen LogP contribution in [0.5, 0.6) is 0 Å². The number of carbonyl (C=O) groups excluding carboxylic acids is 1. The third kappa shape index (κ3) is 3.84. The highest BCUT2D eigenvalue weighted by Crippen LogP contribution is 2.19. The third-order valence-corrected chi connectivity index (χ3v) is 3.55. The molecule has 0 fully saturated rings. The molecule has 0 spiro atoms. The van der Waals surface area contributed by atoms with Gasteiger partial charge in [0.1, 0.15) is 24.4 Å².